The van der Waals surface area contributed by atoms with Gasteiger partial charge in [0.2, 0.25) is 5.88 Å². The molecule has 0 saturated carbocycles. The largest absolute Gasteiger partial charge is 0.493 e. The summed E-state index contributed by atoms with van der Waals surface area (Å²) in [5.74, 6) is -0.0295. The molecular formula is C16H19N3O3. The maximum atomic E-state index is 12.0. The van der Waals surface area contributed by atoms with Gasteiger partial charge in [-0.1, -0.05) is 43.8 Å². The van der Waals surface area contributed by atoms with Crippen LogP contribution in [0.5, 0.6) is 5.88 Å². The first kappa shape index (κ1) is 15.6. The van der Waals surface area contributed by atoms with Gasteiger partial charge in [-0.25, -0.2) is 9.36 Å². The van der Waals surface area contributed by atoms with Crippen molar-refractivity contribution in [2.75, 3.05) is 6.61 Å². The Hall–Kier alpha value is -2.76. The number of imidazole rings is 1. The fourth-order valence-electron chi connectivity index (χ4n) is 1.99. The lowest BCUT2D eigenvalue weighted by molar-refractivity contribution is 0.176. The predicted octanol–water partition coefficient (Wildman–Crippen LogP) is 2.53. The number of aromatic amines is 1. The van der Waals surface area contributed by atoms with Gasteiger partial charge >= 0.3 is 5.69 Å². The van der Waals surface area contributed by atoms with E-state index in [4.69, 9.17) is 4.84 Å². The second kappa shape index (κ2) is 6.80. The Morgan fingerprint density at radius 3 is 2.64 bits per heavy atom. The van der Waals surface area contributed by atoms with E-state index in [1.165, 1.54) is 4.57 Å². The summed E-state index contributed by atoms with van der Waals surface area (Å²) in [6.45, 7) is 7.67. The maximum Gasteiger partial charge on any atom is 0.333 e. The molecule has 0 atom stereocenters. The SMILES string of the molecule is C=CCON=Cc1ccc(-n2c(O)c(C(C)C)[nH]c2=O)cc1. The zero-order valence-corrected chi connectivity index (χ0v) is 12.6. The number of benzene rings is 1. The number of nitrogens with one attached hydrogen (secondary N) is 1. The maximum absolute atomic E-state index is 12.0. The smallest absolute Gasteiger partial charge is 0.333 e. The second-order valence-electron chi connectivity index (χ2n) is 5.07. The molecule has 0 unspecified atom stereocenters. The van der Waals surface area contributed by atoms with Gasteiger partial charge in [0, 0.05) is 0 Å². The van der Waals surface area contributed by atoms with E-state index in [-0.39, 0.29) is 17.5 Å². The average molecular weight is 301 g/mol. The van der Waals surface area contributed by atoms with E-state index in [0.717, 1.165) is 5.56 Å². The number of oxime groups is 1. The first-order chi connectivity index (χ1) is 10.5. The van der Waals surface area contributed by atoms with Gasteiger partial charge in [0.15, 0.2) is 0 Å². The lowest BCUT2D eigenvalue weighted by Gasteiger charge is -2.05. The molecule has 0 bridgehead atoms. The molecule has 1 aromatic heterocycles. The number of H-pyrrole nitrogens is 1. The fraction of sp³-hybridized carbons (Fsp3) is 0.250. The molecule has 2 aromatic rings. The molecule has 0 fully saturated rings. The summed E-state index contributed by atoms with van der Waals surface area (Å²) in [5.41, 5.74) is 1.56. The molecule has 1 heterocycles. The lowest BCUT2D eigenvalue weighted by atomic mass is 10.1. The van der Waals surface area contributed by atoms with E-state index in [0.29, 0.717) is 18.0 Å². The van der Waals surface area contributed by atoms with Crippen LogP contribution in [0.3, 0.4) is 0 Å². The minimum Gasteiger partial charge on any atom is -0.493 e. The highest BCUT2D eigenvalue weighted by molar-refractivity contribution is 5.79. The number of aromatic hydroxyl groups is 1. The molecule has 0 saturated heterocycles. The molecule has 2 N–H and O–H groups in total. The molecule has 22 heavy (non-hydrogen) atoms. The Labute approximate surface area is 128 Å². The van der Waals surface area contributed by atoms with Crippen LogP contribution in [0, 0.1) is 0 Å². The standard InChI is InChI=1S/C16H19N3O3/c1-4-9-22-17-10-12-5-7-13(8-6-12)19-15(20)14(11(2)3)18-16(19)21/h4-8,10-11,20H,1,9H2,2-3H3,(H,18,21). The van der Waals surface area contributed by atoms with Crippen LogP contribution in [0.4, 0.5) is 0 Å². The molecule has 6 nitrogen and oxygen atoms in total. The molecule has 0 spiro atoms. The van der Waals surface area contributed by atoms with E-state index in [1.54, 1.807) is 36.6 Å². The van der Waals surface area contributed by atoms with Gasteiger partial charge in [-0.3, -0.25) is 0 Å². The topological polar surface area (TPSA) is 79.6 Å². The summed E-state index contributed by atoms with van der Waals surface area (Å²) in [7, 11) is 0. The Morgan fingerprint density at radius 2 is 2.09 bits per heavy atom. The van der Waals surface area contributed by atoms with Crippen LogP contribution in [0.15, 0.2) is 46.9 Å². The van der Waals surface area contributed by atoms with E-state index >= 15 is 0 Å². The van der Waals surface area contributed by atoms with E-state index in [1.807, 2.05) is 13.8 Å². The van der Waals surface area contributed by atoms with Gasteiger partial charge in [-0.2, -0.15) is 0 Å². The third-order valence-corrected chi connectivity index (χ3v) is 3.09. The first-order valence-electron chi connectivity index (χ1n) is 6.95. The summed E-state index contributed by atoms with van der Waals surface area (Å²) in [4.78, 5) is 19.6. The molecule has 6 heteroatoms. The van der Waals surface area contributed by atoms with Gasteiger partial charge in [-0.05, 0) is 23.6 Å². The molecule has 1 aromatic carbocycles. The first-order valence-corrected chi connectivity index (χ1v) is 6.95. The summed E-state index contributed by atoms with van der Waals surface area (Å²) >= 11 is 0. The van der Waals surface area contributed by atoms with Crippen LogP contribution in [0.25, 0.3) is 5.69 Å². The summed E-state index contributed by atoms with van der Waals surface area (Å²) in [5, 5.41) is 14.0. The van der Waals surface area contributed by atoms with Crippen molar-refractivity contribution in [2.24, 2.45) is 5.16 Å². The average Bonchev–Trinajstić information content (AvgIpc) is 2.80. The van der Waals surface area contributed by atoms with Crippen molar-refractivity contribution in [3.63, 3.8) is 0 Å². The van der Waals surface area contributed by atoms with Crippen molar-refractivity contribution in [3.8, 4) is 11.6 Å². The summed E-state index contributed by atoms with van der Waals surface area (Å²) in [6, 6.07) is 7.02. The number of hydrogen-bond donors (Lipinski definition) is 2. The summed E-state index contributed by atoms with van der Waals surface area (Å²) in [6.07, 6.45) is 3.17. The van der Waals surface area contributed by atoms with Crippen molar-refractivity contribution in [3.05, 3.63) is 58.7 Å². The Morgan fingerprint density at radius 1 is 1.41 bits per heavy atom. The molecule has 0 radical (unpaired) electrons. The molecule has 0 amide bonds. The van der Waals surface area contributed by atoms with Gasteiger partial charge in [0.1, 0.15) is 6.61 Å². The molecule has 2 rings (SSSR count). The fourth-order valence-corrected chi connectivity index (χ4v) is 1.99. The van der Waals surface area contributed by atoms with Crippen molar-refractivity contribution < 1.29 is 9.94 Å². The quantitative estimate of drug-likeness (QED) is 0.372. The number of nitrogens with zero attached hydrogens (tertiary/aromatic N) is 2. The van der Waals surface area contributed by atoms with Crippen LogP contribution >= 0.6 is 0 Å². The van der Waals surface area contributed by atoms with Gasteiger partial charge in [-0.15, -0.1) is 0 Å². The number of rotatable bonds is 6. The van der Waals surface area contributed by atoms with Gasteiger partial charge in [0.05, 0.1) is 17.6 Å². The Kier molecular flexibility index (Phi) is 4.83. The monoisotopic (exact) mass is 301 g/mol. The zero-order chi connectivity index (χ0) is 16.1. The van der Waals surface area contributed by atoms with Crippen molar-refractivity contribution in [1.82, 2.24) is 9.55 Å². The van der Waals surface area contributed by atoms with Crippen molar-refractivity contribution >= 4 is 6.21 Å². The molecule has 0 aliphatic rings. The second-order valence-corrected chi connectivity index (χ2v) is 5.07. The minimum atomic E-state index is -0.364. The van der Waals surface area contributed by atoms with Crippen LogP contribution in [-0.4, -0.2) is 27.5 Å². The van der Waals surface area contributed by atoms with Crippen LogP contribution in [-0.2, 0) is 4.84 Å². The lowest BCUT2D eigenvalue weighted by Crippen LogP contribution is -2.14. The van der Waals surface area contributed by atoms with Gasteiger partial charge in [0.25, 0.3) is 0 Å². The van der Waals surface area contributed by atoms with E-state index < -0.39 is 0 Å². The number of hydrogen-bond acceptors (Lipinski definition) is 4. The number of aromatic nitrogens is 2. The molecular weight excluding hydrogens is 282 g/mol. The van der Waals surface area contributed by atoms with Crippen LogP contribution < -0.4 is 5.69 Å². The Bertz CT molecular complexity index is 724. The van der Waals surface area contributed by atoms with Crippen molar-refractivity contribution in [2.45, 2.75) is 19.8 Å². The van der Waals surface area contributed by atoms with Gasteiger partial charge < -0.3 is 14.9 Å². The third kappa shape index (κ3) is 3.28. The van der Waals surface area contributed by atoms with Crippen molar-refractivity contribution in [1.29, 1.82) is 0 Å². The predicted molar refractivity (Wildman–Crippen MR) is 85.9 cm³/mol. The third-order valence-electron chi connectivity index (χ3n) is 3.09. The molecule has 0 aliphatic heterocycles. The highest BCUT2D eigenvalue weighted by Crippen LogP contribution is 2.24. The summed E-state index contributed by atoms with van der Waals surface area (Å²) < 4.78 is 1.24. The minimum absolute atomic E-state index is 0.0300. The van der Waals surface area contributed by atoms with Crippen LogP contribution in [0.2, 0.25) is 0 Å². The van der Waals surface area contributed by atoms with E-state index in [9.17, 15) is 9.90 Å². The highest BCUT2D eigenvalue weighted by Gasteiger charge is 2.16. The zero-order valence-electron chi connectivity index (χ0n) is 12.6. The highest BCUT2D eigenvalue weighted by atomic mass is 16.6. The molecule has 0 aliphatic carbocycles. The normalized spacial score (nSPS) is 11.2. The van der Waals surface area contributed by atoms with E-state index in [2.05, 4.69) is 16.7 Å². The van der Waals surface area contributed by atoms with Crippen LogP contribution in [0.1, 0.15) is 31.0 Å². The molecule has 116 valence electrons. The Balaban J connectivity index is 2.26.